The van der Waals surface area contributed by atoms with Crippen LogP contribution in [0.5, 0.6) is 0 Å². The molecule has 2 saturated carbocycles. The molecule has 4 rings (SSSR count). The summed E-state index contributed by atoms with van der Waals surface area (Å²) < 4.78 is 5.40. The van der Waals surface area contributed by atoms with E-state index in [-0.39, 0.29) is 17.7 Å². The number of aliphatic hydroxyl groups is 2. The highest BCUT2D eigenvalue weighted by Crippen LogP contribution is 2.45. The third-order valence-corrected chi connectivity index (χ3v) is 7.77. The summed E-state index contributed by atoms with van der Waals surface area (Å²) in [5.74, 6) is 0.421. The molecule has 1 amide bonds. The van der Waals surface area contributed by atoms with Crippen LogP contribution < -0.4 is 5.73 Å². The van der Waals surface area contributed by atoms with Gasteiger partial charge in [-0.15, -0.1) is 0 Å². The first kappa shape index (κ1) is 19.8. The lowest BCUT2D eigenvalue weighted by molar-refractivity contribution is -0.128. The molecule has 0 unspecified atom stereocenters. The summed E-state index contributed by atoms with van der Waals surface area (Å²) >= 11 is 1.52. The highest BCUT2D eigenvalue weighted by atomic mass is 32.2. The quantitative estimate of drug-likeness (QED) is 0.685. The Labute approximate surface area is 169 Å². The van der Waals surface area contributed by atoms with Crippen LogP contribution >= 0.6 is 11.8 Å². The van der Waals surface area contributed by atoms with E-state index >= 15 is 0 Å². The first-order valence-electron chi connectivity index (χ1n) is 10.2. The largest absolute Gasteiger partial charge is 0.467 e. The first-order valence-corrected chi connectivity index (χ1v) is 11.1. The van der Waals surface area contributed by atoms with Crippen molar-refractivity contribution in [2.75, 3.05) is 6.54 Å². The predicted octanol–water partition coefficient (Wildman–Crippen LogP) is 1.73. The van der Waals surface area contributed by atoms with Crippen molar-refractivity contribution < 1.29 is 19.4 Å². The van der Waals surface area contributed by atoms with Gasteiger partial charge in [0.1, 0.15) is 11.9 Å². The van der Waals surface area contributed by atoms with Gasteiger partial charge in [-0.2, -0.15) is 0 Å². The molecule has 4 N–H and O–H groups in total. The lowest BCUT2D eigenvalue weighted by Gasteiger charge is -2.42. The topological polar surface area (TPSA) is 112 Å². The van der Waals surface area contributed by atoms with Crippen LogP contribution in [-0.2, 0) is 11.3 Å². The Hall–Kier alpha value is -1.51. The van der Waals surface area contributed by atoms with Crippen molar-refractivity contribution in [2.24, 2.45) is 22.6 Å². The number of hydrogen-bond donors (Lipinski definition) is 3. The number of rotatable bonds is 5. The van der Waals surface area contributed by atoms with E-state index in [4.69, 9.17) is 15.1 Å². The molecule has 1 aromatic heterocycles. The Morgan fingerprint density at radius 2 is 2.11 bits per heavy atom. The second-order valence-corrected chi connectivity index (χ2v) is 9.36. The molecule has 3 fully saturated rings. The highest BCUT2D eigenvalue weighted by molar-refractivity contribution is 8.14. The third kappa shape index (κ3) is 3.95. The molecule has 2 aliphatic carbocycles. The maximum Gasteiger partial charge on any atom is 0.221 e. The molecule has 1 aliphatic heterocycles. The Bertz CT molecular complexity index is 704. The van der Waals surface area contributed by atoms with E-state index in [0.29, 0.717) is 12.5 Å². The molecule has 0 spiro atoms. The highest BCUT2D eigenvalue weighted by Gasteiger charge is 2.54. The van der Waals surface area contributed by atoms with Gasteiger partial charge in [-0.05, 0) is 37.3 Å². The second kappa shape index (κ2) is 8.47. The summed E-state index contributed by atoms with van der Waals surface area (Å²) in [5, 5.41) is 21.8. The summed E-state index contributed by atoms with van der Waals surface area (Å²) in [4.78, 5) is 18.9. The second-order valence-electron chi connectivity index (χ2n) is 8.21. The zero-order valence-corrected chi connectivity index (χ0v) is 16.8. The minimum atomic E-state index is -0.947. The van der Waals surface area contributed by atoms with Crippen molar-refractivity contribution in [3.05, 3.63) is 24.2 Å². The Morgan fingerprint density at radius 3 is 2.79 bits per heavy atom. The van der Waals surface area contributed by atoms with Gasteiger partial charge in [-0.25, -0.2) is 0 Å². The van der Waals surface area contributed by atoms with Gasteiger partial charge < -0.3 is 25.3 Å². The minimum absolute atomic E-state index is 0.185. The average Bonchev–Trinajstić information content (AvgIpc) is 3.32. The maximum absolute atomic E-state index is 12.0. The molecule has 3 aliphatic rings. The summed E-state index contributed by atoms with van der Waals surface area (Å²) in [6.07, 6.45) is 6.05. The van der Waals surface area contributed by atoms with Crippen LogP contribution in [0.2, 0.25) is 0 Å². The third-order valence-electron chi connectivity index (χ3n) is 6.32. The zero-order valence-electron chi connectivity index (χ0n) is 15.9. The molecule has 1 saturated heterocycles. The van der Waals surface area contributed by atoms with Crippen molar-refractivity contribution in [1.82, 2.24) is 4.90 Å². The fraction of sp³-hybridized carbons (Fsp3) is 0.700. The van der Waals surface area contributed by atoms with Crippen LogP contribution in [0, 0.1) is 11.8 Å². The smallest absolute Gasteiger partial charge is 0.221 e. The summed E-state index contributed by atoms with van der Waals surface area (Å²) in [7, 11) is 0. The molecule has 0 bridgehead atoms. The van der Waals surface area contributed by atoms with Crippen LogP contribution in [0.4, 0.5) is 0 Å². The Morgan fingerprint density at radius 1 is 1.32 bits per heavy atom. The standard InChI is InChI=1S/C20H29N3O4S/c21-19(26)14-9-15(24)17(25)16-18(14)28-20(22-10-13-7-4-8-27-13)23(16)11-12-5-2-1-3-6-12/h4,7-8,12,14-18,24-25H,1-3,5-6,9-11H2,(H2,21,26)/t14-,15+,16+,17-,18+/m0/s1. The van der Waals surface area contributed by atoms with E-state index < -0.39 is 24.0 Å². The number of primary amides is 1. The molecular weight excluding hydrogens is 378 g/mol. The number of aliphatic hydroxyl groups excluding tert-OH is 2. The fourth-order valence-corrected chi connectivity index (χ4v) is 6.40. The molecular formula is C20H29N3O4S. The van der Waals surface area contributed by atoms with Crippen LogP contribution in [0.15, 0.2) is 27.8 Å². The van der Waals surface area contributed by atoms with E-state index in [9.17, 15) is 15.0 Å². The van der Waals surface area contributed by atoms with Gasteiger partial charge in [-0.1, -0.05) is 31.0 Å². The number of hydrogen-bond acceptors (Lipinski definition) is 6. The van der Waals surface area contributed by atoms with Crippen molar-refractivity contribution in [1.29, 1.82) is 0 Å². The predicted molar refractivity (Wildman–Crippen MR) is 108 cm³/mol. The number of nitrogens with zero attached hydrogens (tertiary/aromatic N) is 2. The first-order chi connectivity index (χ1) is 13.5. The molecule has 2 heterocycles. The van der Waals surface area contributed by atoms with Gasteiger partial charge in [0, 0.05) is 11.8 Å². The van der Waals surface area contributed by atoms with Gasteiger partial charge >= 0.3 is 0 Å². The fourth-order valence-electron chi connectivity index (χ4n) is 4.83. The average molecular weight is 408 g/mol. The van der Waals surface area contributed by atoms with Crippen LogP contribution in [-0.4, -0.2) is 56.2 Å². The number of furan rings is 1. The van der Waals surface area contributed by atoms with Crippen LogP contribution in [0.1, 0.15) is 44.3 Å². The van der Waals surface area contributed by atoms with Gasteiger partial charge in [0.05, 0.1) is 30.9 Å². The number of thioether (sulfide) groups is 1. The van der Waals surface area contributed by atoms with E-state index in [1.54, 1.807) is 6.26 Å². The Balaban J connectivity index is 1.61. The molecule has 8 heteroatoms. The van der Waals surface area contributed by atoms with Gasteiger partial charge in [0.25, 0.3) is 0 Å². The van der Waals surface area contributed by atoms with E-state index in [1.165, 1.54) is 43.9 Å². The van der Waals surface area contributed by atoms with Gasteiger partial charge in [0.15, 0.2) is 5.17 Å². The molecule has 0 aromatic carbocycles. The van der Waals surface area contributed by atoms with Crippen molar-refractivity contribution >= 4 is 22.8 Å². The molecule has 7 nitrogen and oxygen atoms in total. The number of carbonyl (C=O) groups is 1. The molecule has 154 valence electrons. The molecule has 0 radical (unpaired) electrons. The summed E-state index contributed by atoms with van der Waals surface area (Å²) in [6.45, 7) is 1.20. The lowest BCUT2D eigenvalue weighted by atomic mass is 9.79. The Kier molecular flexibility index (Phi) is 5.99. The van der Waals surface area contributed by atoms with E-state index in [0.717, 1.165) is 17.5 Å². The van der Waals surface area contributed by atoms with Gasteiger partial charge in [0.2, 0.25) is 5.91 Å². The molecule has 1 aromatic rings. The normalized spacial score (nSPS) is 35.3. The number of nitrogens with two attached hydrogens (primary N) is 1. The van der Waals surface area contributed by atoms with Crippen molar-refractivity contribution in [3.8, 4) is 0 Å². The molecule has 28 heavy (non-hydrogen) atoms. The van der Waals surface area contributed by atoms with Gasteiger partial charge in [-0.3, -0.25) is 9.79 Å². The number of aliphatic imine (C=N–C) groups is 1. The maximum atomic E-state index is 12.0. The zero-order chi connectivity index (χ0) is 19.7. The van der Waals surface area contributed by atoms with Crippen LogP contribution in [0.3, 0.4) is 0 Å². The summed E-state index contributed by atoms with van der Waals surface area (Å²) in [6, 6.07) is 3.37. The number of fused-ring (bicyclic) bond motifs is 1. The van der Waals surface area contributed by atoms with Crippen LogP contribution in [0.25, 0.3) is 0 Å². The SMILES string of the molecule is NC(=O)[C@H]1C[C@@H](O)[C@H](O)[C@@H]2[C@@H]1SC(=NCc1ccco1)N2CC1CCCCC1. The van der Waals surface area contributed by atoms with Crippen molar-refractivity contribution in [3.63, 3.8) is 0 Å². The number of carbonyl (C=O) groups excluding carboxylic acids is 1. The monoisotopic (exact) mass is 407 g/mol. The van der Waals surface area contributed by atoms with E-state index in [2.05, 4.69) is 4.90 Å². The minimum Gasteiger partial charge on any atom is -0.467 e. The van der Waals surface area contributed by atoms with Crippen molar-refractivity contribution in [2.45, 2.75) is 68.6 Å². The number of amides is 1. The lowest BCUT2D eigenvalue weighted by Crippen LogP contribution is -2.59. The number of amidine groups is 1. The summed E-state index contributed by atoms with van der Waals surface area (Å²) in [5.41, 5.74) is 5.64. The van der Waals surface area contributed by atoms with E-state index in [1.807, 2.05) is 12.1 Å². The molecule has 5 atom stereocenters.